The first-order chi connectivity index (χ1) is 9.61. The number of aromatic nitrogens is 1. The highest BCUT2D eigenvalue weighted by Gasteiger charge is 2.44. The molecule has 3 rings (SSSR count). The van der Waals surface area contributed by atoms with Gasteiger partial charge in [-0.15, -0.1) is 0 Å². The number of hydrogen-bond acceptors (Lipinski definition) is 6. The highest BCUT2D eigenvalue weighted by atomic mass is 16.6. The molecule has 0 amide bonds. The fourth-order valence-corrected chi connectivity index (χ4v) is 3.31. The quantitative estimate of drug-likeness (QED) is 0.635. The summed E-state index contributed by atoms with van der Waals surface area (Å²) in [4.78, 5) is 16.9. The molecule has 3 atom stereocenters. The summed E-state index contributed by atoms with van der Waals surface area (Å²) in [6.07, 6.45) is 1.40. The van der Waals surface area contributed by atoms with Crippen LogP contribution in [0.15, 0.2) is 12.3 Å². The molecule has 2 saturated heterocycles. The second-order valence-corrected chi connectivity index (χ2v) is 5.41. The molecule has 3 unspecified atom stereocenters. The zero-order valence-electron chi connectivity index (χ0n) is 11.1. The van der Waals surface area contributed by atoms with Gasteiger partial charge in [0, 0.05) is 37.9 Å². The second kappa shape index (κ2) is 4.72. The Balaban J connectivity index is 1.98. The molecule has 104 valence electrons. The van der Waals surface area contributed by atoms with Gasteiger partial charge in [-0.05, 0) is 18.8 Å². The largest absolute Gasteiger partial charge is 0.348 e. The molecule has 7 nitrogen and oxygen atoms in total. The number of nitro groups is 1. The topological polar surface area (TPSA) is 95.1 Å². The van der Waals surface area contributed by atoms with Crippen LogP contribution in [0.1, 0.15) is 12.5 Å². The summed E-state index contributed by atoms with van der Waals surface area (Å²) >= 11 is 0. The van der Waals surface area contributed by atoms with Crippen molar-refractivity contribution in [2.45, 2.75) is 13.0 Å². The van der Waals surface area contributed by atoms with Gasteiger partial charge in [0.15, 0.2) is 0 Å². The molecular weight excluding hydrogens is 258 g/mol. The summed E-state index contributed by atoms with van der Waals surface area (Å²) < 4.78 is 0. The first kappa shape index (κ1) is 12.8. The minimum absolute atomic E-state index is 0.0798. The molecule has 1 N–H and O–H groups in total. The van der Waals surface area contributed by atoms with Gasteiger partial charge < -0.3 is 10.2 Å². The monoisotopic (exact) mass is 273 g/mol. The van der Waals surface area contributed by atoms with E-state index in [9.17, 15) is 10.1 Å². The third kappa shape index (κ3) is 1.89. The normalized spacial score (nSPS) is 28.2. The molecule has 0 aromatic carbocycles. The van der Waals surface area contributed by atoms with Crippen molar-refractivity contribution >= 4 is 11.5 Å². The van der Waals surface area contributed by atoms with Gasteiger partial charge in [-0.3, -0.25) is 10.1 Å². The Labute approximate surface area is 116 Å². The Hall–Kier alpha value is -2.20. The van der Waals surface area contributed by atoms with Gasteiger partial charge in [-0.25, -0.2) is 4.98 Å². The number of hydrogen-bond donors (Lipinski definition) is 1. The van der Waals surface area contributed by atoms with E-state index < -0.39 is 4.92 Å². The van der Waals surface area contributed by atoms with Crippen LogP contribution in [0.2, 0.25) is 0 Å². The van der Waals surface area contributed by atoms with Crippen molar-refractivity contribution in [1.29, 1.82) is 5.26 Å². The SMILES string of the molecule is CC1C2CNCC2CN1c1ncc(C#N)cc1[N+](=O)[O-]. The molecule has 7 heteroatoms. The molecule has 0 radical (unpaired) electrons. The van der Waals surface area contributed by atoms with Gasteiger partial charge in [0.05, 0.1) is 10.5 Å². The van der Waals surface area contributed by atoms with Crippen LogP contribution in [0.4, 0.5) is 11.5 Å². The molecule has 1 aromatic heterocycles. The van der Waals surface area contributed by atoms with Crippen LogP contribution in [-0.4, -0.2) is 35.6 Å². The highest BCUT2D eigenvalue weighted by Crippen LogP contribution is 2.38. The van der Waals surface area contributed by atoms with Gasteiger partial charge in [0.1, 0.15) is 6.07 Å². The third-order valence-corrected chi connectivity index (χ3v) is 4.38. The van der Waals surface area contributed by atoms with Crippen LogP contribution in [0.5, 0.6) is 0 Å². The Kier molecular flexibility index (Phi) is 3.03. The van der Waals surface area contributed by atoms with Crippen LogP contribution in [0.25, 0.3) is 0 Å². The molecule has 2 aliphatic rings. The van der Waals surface area contributed by atoms with Gasteiger partial charge in [0.25, 0.3) is 0 Å². The summed E-state index contributed by atoms with van der Waals surface area (Å²) in [7, 11) is 0. The van der Waals surface area contributed by atoms with Crippen molar-refractivity contribution in [3.63, 3.8) is 0 Å². The number of nitrogens with one attached hydrogen (secondary N) is 1. The Morgan fingerprint density at radius 2 is 2.40 bits per heavy atom. The van der Waals surface area contributed by atoms with Crippen molar-refractivity contribution in [2.24, 2.45) is 11.8 Å². The Morgan fingerprint density at radius 1 is 1.60 bits per heavy atom. The average Bonchev–Trinajstić information content (AvgIpc) is 3.01. The lowest BCUT2D eigenvalue weighted by atomic mass is 9.95. The maximum absolute atomic E-state index is 11.2. The summed E-state index contributed by atoms with van der Waals surface area (Å²) in [5.74, 6) is 1.41. The lowest BCUT2D eigenvalue weighted by Crippen LogP contribution is -2.34. The van der Waals surface area contributed by atoms with Crippen molar-refractivity contribution in [3.05, 3.63) is 27.9 Å². The maximum atomic E-state index is 11.2. The fourth-order valence-electron chi connectivity index (χ4n) is 3.31. The minimum Gasteiger partial charge on any atom is -0.348 e. The van der Waals surface area contributed by atoms with Gasteiger partial charge in [0.2, 0.25) is 5.82 Å². The molecule has 0 bridgehead atoms. The summed E-state index contributed by atoms with van der Waals surface area (Å²) in [5, 5.41) is 23.4. The van der Waals surface area contributed by atoms with E-state index in [1.54, 1.807) is 0 Å². The van der Waals surface area contributed by atoms with Crippen molar-refractivity contribution < 1.29 is 4.92 Å². The predicted molar refractivity (Wildman–Crippen MR) is 72.3 cm³/mol. The maximum Gasteiger partial charge on any atom is 0.312 e. The van der Waals surface area contributed by atoms with Crippen LogP contribution in [-0.2, 0) is 0 Å². The molecule has 0 spiro atoms. The van der Waals surface area contributed by atoms with Crippen LogP contribution in [0.3, 0.4) is 0 Å². The van der Waals surface area contributed by atoms with Crippen molar-refractivity contribution in [1.82, 2.24) is 10.3 Å². The molecule has 2 fully saturated rings. The van der Waals surface area contributed by atoms with Crippen LogP contribution < -0.4 is 10.2 Å². The van der Waals surface area contributed by atoms with E-state index in [0.29, 0.717) is 17.7 Å². The molecule has 2 aliphatic heterocycles. The highest BCUT2D eigenvalue weighted by molar-refractivity contribution is 5.61. The van der Waals surface area contributed by atoms with E-state index in [0.717, 1.165) is 19.6 Å². The zero-order valence-corrected chi connectivity index (χ0v) is 11.1. The van der Waals surface area contributed by atoms with E-state index in [4.69, 9.17) is 5.26 Å². The fraction of sp³-hybridized carbons (Fsp3) is 0.538. The van der Waals surface area contributed by atoms with Crippen LogP contribution >= 0.6 is 0 Å². The van der Waals surface area contributed by atoms with E-state index in [2.05, 4.69) is 17.2 Å². The third-order valence-electron chi connectivity index (χ3n) is 4.38. The Bertz CT molecular complexity index is 597. The van der Waals surface area contributed by atoms with Crippen molar-refractivity contribution in [3.8, 4) is 6.07 Å². The summed E-state index contributed by atoms with van der Waals surface area (Å²) in [6.45, 7) is 4.77. The number of nitriles is 1. The molecule has 1 aromatic rings. The average molecular weight is 273 g/mol. The standard InChI is InChI=1S/C13H15N5O2/c1-8-11-6-15-5-10(11)7-17(8)13-12(18(19)20)2-9(3-14)4-16-13/h2,4,8,10-11,15H,5-7H2,1H3. The van der Waals surface area contributed by atoms with E-state index in [1.807, 2.05) is 11.0 Å². The first-order valence-electron chi connectivity index (χ1n) is 6.63. The molecule has 3 heterocycles. The number of fused-ring (bicyclic) bond motifs is 1. The van der Waals surface area contributed by atoms with E-state index in [-0.39, 0.29) is 17.3 Å². The van der Waals surface area contributed by atoms with Gasteiger partial charge in [-0.2, -0.15) is 5.26 Å². The summed E-state index contributed by atoms with van der Waals surface area (Å²) in [6, 6.07) is 3.42. The Morgan fingerprint density at radius 3 is 3.05 bits per heavy atom. The minimum atomic E-state index is -0.456. The number of anilines is 1. The van der Waals surface area contributed by atoms with Gasteiger partial charge >= 0.3 is 5.69 Å². The van der Waals surface area contributed by atoms with Crippen LogP contribution in [0, 0.1) is 33.3 Å². The zero-order chi connectivity index (χ0) is 14.3. The first-order valence-corrected chi connectivity index (χ1v) is 6.63. The lowest BCUT2D eigenvalue weighted by Gasteiger charge is -2.25. The smallest absolute Gasteiger partial charge is 0.312 e. The number of rotatable bonds is 2. The molecule has 0 aliphatic carbocycles. The second-order valence-electron chi connectivity index (χ2n) is 5.41. The number of nitrogens with zero attached hydrogens (tertiary/aromatic N) is 4. The number of pyridine rings is 1. The molecular formula is C13H15N5O2. The molecule has 20 heavy (non-hydrogen) atoms. The van der Waals surface area contributed by atoms with E-state index >= 15 is 0 Å². The lowest BCUT2D eigenvalue weighted by molar-refractivity contribution is -0.384. The predicted octanol–water partition coefficient (Wildman–Crippen LogP) is 0.906. The van der Waals surface area contributed by atoms with E-state index in [1.165, 1.54) is 12.3 Å². The van der Waals surface area contributed by atoms with Crippen molar-refractivity contribution in [2.75, 3.05) is 24.5 Å². The summed E-state index contributed by atoms with van der Waals surface area (Å²) in [5.41, 5.74) is 0.137. The van der Waals surface area contributed by atoms with Gasteiger partial charge in [-0.1, -0.05) is 0 Å². The molecule has 0 saturated carbocycles.